The molecule has 0 spiro atoms. The zero-order chi connectivity index (χ0) is 20.5. The van der Waals surface area contributed by atoms with Crippen molar-refractivity contribution in [2.45, 2.75) is 52.2 Å². The van der Waals surface area contributed by atoms with E-state index in [1.807, 2.05) is 24.3 Å². The molecule has 0 radical (unpaired) electrons. The first-order valence-electron chi connectivity index (χ1n) is 10.6. The lowest BCUT2D eigenvalue weighted by Gasteiger charge is -2.24. The number of benzene rings is 1. The number of rotatable bonds is 9. The van der Waals surface area contributed by atoms with E-state index in [4.69, 9.17) is 16.6 Å². The van der Waals surface area contributed by atoms with E-state index >= 15 is 0 Å². The normalized spacial score (nSPS) is 17.6. The second-order valence-corrected chi connectivity index (χ2v) is 7.76. The predicted octanol–water partition coefficient (Wildman–Crippen LogP) is 2.71. The highest BCUT2D eigenvalue weighted by atomic mass is 35.5. The van der Waals surface area contributed by atoms with Crippen LogP contribution in [0.1, 0.15) is 38.1 Å². The SMILES string of the molecule is CCc1nncn1CCNC(=NCc1cccc(Cl)c1)NCC1CCCN1CC. The summed E-state index contributed by atoms with van der Waals surface area (Å²) in [4.78, 5) is 7.32. The van der Waals surface area contributed by atoms with E-state index in [2.05, 4.69) is 44.1 Å². The molecule has 0 bridgehead atoms. The van der Waals surface area contributed by atoms with Gasteiger partial charge in [-0.1, -0.05) is 37.6 Å². The van der Waals surface area contributed by atoms with Crippen LogP contribution >= 0.6 is 11.6 Å². The molecule has 8 heteroatoms. The first kappa shape index (κ1) is 21.6. The average molecular weight is 418 g/mol. The molecule has 0 saturated carbocycles. The van der Waals surface area contributed by atoms with E-state index in [1.54, 1.807) is 6.33 Å². The second-order valence-electron chi connectivity index (χ2n) is 7.32. The third-order valence-electron chi connectivity index (χ3n) is 5.38. The third-order valence-corrected chi connectivity index (χ3v) is 5.61. The maximum Gasteiger partial charge on any atom is 0.191 e. The maximum atomic E-state index is 6.11. The molecule has 0 aliphatic carbocycles. The van der Waals surface area contributed by atoms with Gasteiger partial charge in [-0.15, -0.1) is 10.2 Å². The van der Waals surface area contributed by atoms with Crippen LogP contribution in [0.3, 0.4) is 0 Å². The van der Waals surface area contributed by atoms with Crippen molar-refractivity contribution in [1.82, 2.24) is 30.3 Å². The van der Waals surface area contributed by atoms with Crippen molar-refractivity contribution in [1.29, 1.82) is 0 Å². The van der Waals surface area contributed by atoms with Gasteiger partial charge in [-0.2, -0.15) is 0 Å². The Kier molecular flexibility index (Phi) is 8.31. The first-order valence-corrected chi connectivity index (χ1v) is 10.9. The summed E-state index contributed by atoms with van der Waals surface area (Å²) in [5.41, 5.74) is 1.10. The molecule has 2 N–H and O–H groups in total. The number of aryl methyl sites for hydroxylation is 1. The number of aromatic nitrogens is 3. The van der Waals surface area contributed by atoms with Gasteiger partial charge in [0.15, 0.2) is 5.96 Å². The monoisotopic (exact) mass is 417 g/mol. The average Bonchev–Trinajstić information content (AvgIpc) is 3.38. The van der Waals surface area contributed by atoms with Crippen molar-refractivity contribution in [2.24, 2.45) is 4.99 Å². The minimum Gasteiger partial charge on any atom is -0.355 e. The summed E-state index contributed by atoms with van der Waals surface area (Å²) in [5, 5.41) is 15.9. The zero-order valence-corrected chi connectivity index (χ0v) is 18.2. The van der Waals surface area contributed by atoms with Gasteiger partial charge < -0.3 is 15.2 Å². The van der Waals surface area contributed by atoms with E-state index in [0.717, 1.165) is 55.0 Å². The van der Waals surface area contributed by atoms with Crippen molar-refractivity contribution in [3.8, 4) is 0 Å². The summed E-state index contributed by atoms with van der Waals surface area (Å²) in [5.74, 6) is 1.83. The van der Waals surface area contributed by atoms with E-state index in [1.165, 1.54) is 19.4 Å². The van der Waals surface area contributed by atoms with Gasteiger partial charge in [0.2, 0.25) is 0 Å². The van der Waals surface area contributed by atoms with E-state index < -0.39 is 0 Å². The van der Waals surface area contributed by atoms with Crippen LogP contribution in [-0.2, 0) is 19.5 Å². The van der Waals surface area contributed by atoms with Crippen LogP contribution in [0.2, 0.25) is 5.02 Å². The number of aliphatic imine (C=N–C) groups is 1. The molecule has 158 valence electrons. The number of likely N-dealkylation sites (N-methyl/N-ethyl adjacent to an activating group) is 1. The summed E-state index contributed by atoms with van der Waals surface area (Å²) in [6, 6.07) is 8.43. The van der Waals surface area contributed by atoms with Gasteiger partial charge in [-0.3, -0.25) is 4.90 Å². The van der Waals surface area contributed by atoms with Crippen LogP contribution in [0.4, 0.5) is 0 Å². The van der Waals surface area contributed by atoms with Gasteiger partial charge in [-0.25, -0.2) is 4.99 Å². The van der Waals surface area contributed by atoms with Crippen molar-refractivity contribution >= 4 is 17.6 Å². The summed E-state index contributed by atoms with van der Waals surface area (Å²) < 4.78 is 2.08. The molecular formula is C21H32ClN7. The molecule has 1 aliphatic heterocycles. The summed E-state index contributed by atoms with van der Waals surface area (Å²) in [6.45, 7) is 9.67. The fraction of sp³-hybridized carbons (Fsp3) is 0.571. The van der Waals surface area contributed by atoms with Gasteiger partial charge in [-0.05, 0) is 43.6 Å². The summed E-state index contributed by atoms with van der Waals surface area (Å²) in [6.07, 6.45) is 5.18. The fourth-order valence-corrected chi connectivity index (χ4v) is 3.98. The Labute approximate surface area is 178 Å². The fourth-order valence-electron chi connectivity index (χ4n) is 3.77. The third kappa shape index (κ3) is 6.44. The number of nitrogens with zero attached hydrogens (tertiary/aromatic N) is 5. The van der Waals surface area contributed by atoms with E-state index in [9.17, 15) is 0 Å². The molecule has 1 unspecified atom stereocenters. The van der Waals surface area contributed by atoms with Gasteiger partial charge in [0.25, 0.3) is 0 Å². The largest absolute Gasteiger partial charge is 0.355 e. The lowest BCUT2D eigenvalue weighted by Crippen LogP contribution is -2.45. The van der Waals surface area contributed by atoms with Crippen molar-refractivity contribution in [2.75, 3.05) is 26.2 Å². The van der Waals surface area contributed by atoms with E-state index in [0.29, 0.717) is 12.6 Å². The molecule has 1 aromatic carbocycles. The molecular weight excluding hydrogens is 386 g/mol. The molecule has 1 atom stereocenters. The van der Waals surface area contributed by atoms with Crippen molar-refractivity contribution in [3.05, 3.63) is 47.0 Å². The molecule has 1 saturated heterocycles. The molecule has 0 amide bonds. The Bertz CT molecular complexity index is 789. The zero-order valence-electron chi connectivity index (χ0n) is 17.4. The Balaban J connectivity index is 1.59. The molecule has 3 rings (SSSR count). The van der Waals surface area contributed by atoms with Crippen molar-refractivity contribution < 1.29 is 0 Å². The van der Waals surface area contributed by atoms with Crippen LogP contribution in [0, 0.1) is 0 Å². The minimum atomic E-state index is 0.572. The lowest BCUT2D eigenvalue weighted by molar-refractivity contribution is 0.267. The number of likely N-dealkylation sites (tertiary alicyclic amines) is 1. The highest BCUT2D eigenvalue weighted by Gasteiger charge is 2.22. The summed E-state index contributed by atoms with van der Waals surface area (Å²) >= 11 is 6.11. The molecule has 1 aliphatic rings. The number of guanidine groups is 1. The highest BCUT2D eigenvalue weighted by molar-refractivity contribution is 6.30. The lowest BCUT2D eigenvalue weighted by atomic mass is 10.2. The molecule has 1 aromatic heterocycles. The number of hydrogen-bond acceptors (Lipinski definition) is 4. The molecule has 7 nitrogen and oxygen atoms in total. The van der Waals surface area contributed by atoms with Gasteiger partial charge in [0.05, 0.1) is 6.54 Å². The van der Waals surface area contributed by atoms with Crippen LogP contribution in [0.5, 0.6) is 0 Å². The molecule has 2 aromatic rings. The predicted molar refractivity (Wildman–Crippen MR) is 118 cm³/mol. The smallest absolute Gasteiger partial charge is 0.191 e. The van der Waals surface area contributed by atoms with Gasteiger partial charge in [0.1, 0.15) is 12.2 Å². The Morgan fingerprint density at radius 2 is 2.21 bits per heavy atom. The standard InChI is InChI=1S/C21H32ClN7/c1-3-20-27-26-16-29(20)12-10-23-21(24-14-17-7-5-8-18(22)13-17)25-15-19-9-6-11-28(19)4-2/h5,7-8,13,16,19H,3-4,6,9-12,14-15H2,1-2H3,(H2,23,24,25). The first-order chi connectivity index (χ1) is 14.2. The van der Waals surface area contributed by atoms with E-state index in [-0.39, 0.29) is 0 Å². The maximum absolute atomic E-state index is 6.11. The molecule has 2 heterocycles. The second kappa shape index (κ2) is 11.2. The quantitative estimate of drug-likeness (QED) is 0.485. The number of hydrogen-bond donors (Lipinski definition) is 2. The minimum absolute atomic E-state index is 0.572. The van der Waals surface area contributed by atoms with Crippen molar-refractivity contribution in [3.63, 3.8) is 0 Å². The number of nitrogens with one attached hydrogen (secondary N) is 2. The molecule has 29 heavy (non-hydrogen) atoms. The Hall–Kier alpha value is -2.12. The van der Waals surface area contributed by atoms with Crippen LogP contribution in [-0.4, -0.2) is 57.8 Å². The topological polar surface area (TPSA) is 70.4 Å². The molecule has 1 fully saturated rings. The van der Waals surface area contributed by atoms with Crippen LogP contribution in [0.25, 0.3) is 0 Å². The Morgan fingerprint density at radius 1 is 1.31 bits per heavy atom. The highest BCUT2D eigenvalue weighted by Crippen LogP contribution is 2.15. The van der Waals surface area contributed by atoms with Gasteiger partial charge in [0, 0.05) is 37.1 Å². The Morgan fingerprint density at radius 3 is 3.00 bits per heavy atom. The number of halogens is 1. The van der Waals surface area contributed by atoms with Crippen LogP contribution < -0.4 is 10.6 Å². The summed E-state index contributed by atoms with van der Waals surface area (Å²) in [7, 11) is 0. The van der Waals surface area contributed by atoms with Crippen LogP contribution in [0.15, 0.2) is 35.6 Å². The van der Waals surface area contributed by atoms with Gasteiger partial charge >= 0.3 is 0 Å².